The van der Waals surface area contributed by atoms with Gasteiger partial charge in [0.05, 0.1) is 0 Å². The van der Waals surface area contributed by atoms with Crippen LogP contribution in [0.15, 0.2) is 41.9 Å². The molecule has 0 atom stereocenters. The maximum atomic E-state index is 11.6. The molecule has 6 heteroatoms. The molecule has 0 saturated heterocycles. The molecule has 0 saturated carbocycles. The zero-order chi connectivity index (χ0) is 14.4. The zero-order valence-electron chi connectivity index (χ0n) is 10.8. The van der Waals surface area contributed by atoms with Gasteiger partial charge in [0.15, 0.2) is 5.13 Å². The smallest absolute Gasteiger partial charge is 0.251 e. The zero-order valence-corrected chi connectivity index (χ0v) is 11.6. The molecule has 2 rings (SSSR count). The summed E-state index contributed by atoms with van der Waals surface area (Å²) in [5.41, 5.74) is 1.42. The van der Waals surface area contributed by atoms with Crippen molar-refractivity contribution in [2.75, 3.05) is 12.4 Å². The number of carbonyl (C=O) groups excluding carboxylic acids is 2. The minimum absolute atomic E-state index is 0.137. The Morgan fingerprint density at radius 2 is 2.00 bits per heavy atom. The number of carbonyl (C=O) groups is 2. The van der Waals surface area contributed by atoms with Gasteiger partial charge in [0.2, 0.25) is 5.91 Å². The van der Waals surface area contributed by atoms with E-state index in [2.05, 4.69) is 15.6 Å². The fourth-order valence-electron chi connectivity index (χ4n) is 1.49. The number of benzene rings is 1. The van der Waals surface area contributed by atoms with Gasteiger partial charge < -0.3 is 5.32 Å². The molecule has 1 heterocycles. The van der Waals surface area contributed by atoms with Crippen LogP contribution in [0.25, 0.3) is 6.08 Å². The maximum Gasteiger partial charge on any atom is 0.251 e. The van der Waals surface area contributed by atoms with E-state index in [1.165, 1.54) is 17.4 Å². The van der Waals surface area contributed by atoms with Crippen molar-refractivity contribution in [3.05, 3.63) is 53.0 Å². The van der Waals surface area contributed by atoms with Gasteiger partial charge in [-0.1, -0.05) is 12.1 Å². The second kappa shape index (κ2) is 6.63. The molecule has 2 N–H and O–H groups in total. The number of hydrogen-bond acceptors (Lipinski definition) is 4. The first-order valence-corrected chi connectivity index (χ1v) is 6.77. The number of rotatable bonds is 4. The van der Waals surface area contributed by atoms with E-state index < -0.39 is 0 Å². The van der Waals surface area contributed by atoms with Crippen LogP contribution in [0.3, 0.4) is 0 Å². The highest BCUT2D eigenvalue weighted by molar-refractivity contribution is 7.13. The van der Waals surface area contributed by atoms with Gasteiger partial charge in [0, 0.05) is 30.3 Å². The molecule has 1 aromatic heterocycles. The third kappa shape index (κ3) is 3.76. The number of nitrogens with zero attached hydrogens (tertiary/aromatic N) is 1. The normalized spacial score (nSPS) is 10.4. The highest BCUT2D eigenvalue weighted by atomic mass is 32.1. The van der Waals surface area contributed by atoms with E-state index in [4.69, 9.17) is 0 Å². The summed E-state index contributed by atoms with van der Waals surface area (Å²) in [5.74, 6) is -0.377. The van der Waals surface area contributed by atoms with Crippen molar-refractivity contribution in [1.29, 1.82) is 0 Å². The molecule has 0 spiro atoms. The first-order chi connectivity index (χ1) is 9.69. The Morgan fingerprint density at radius 1 is 1.25 bits per heavy atom. The van der Waals surface area contributed by atoms with Crippen LogP contribution in [0.4, 0.5) is 5.13 Å². The van der Waals surface area contributed by atoms with Gasteiger partial charge in [-0.2, -0.15) is 0 Å². The molecule has 2 aromatic rings. The van der Waals surface area contributed by atoms with Crippen LogP contribution in [-0.2, 0) is 4.79 Å². The fraction of sp³-hybridized carbons (Fsp3) is 0.0714. The molecule has 0 radical (unpaired) electrons. The van der Waals surface area contributed by atoms with Gasteiger partial charge in [0.1, 0.15) is 0 Å². The lowest BCUT2D eigenvalue weighted by molar-refractivity contribution is -0.111. The molecule has 5 nitrogen and oxygen atoms in total. The van der Waals surface area contributed by atoms with Gasteiger partial charge in [-0.05, 0) is 23.8 Å². The second-order valence-corrected chi connectivity index (χ2v) is 4.76. The second-order valence-electron chi connectivity index (χ2n) is 3.86. The number of nitrogens with one attached hydrogen (secondary N) is 2. The van der Waals surface area contributed by atoms with Crippen LogP contribution in [0.5, 0.6) is 0 Å². The van der Waals surface area contributed by atoms with E-state index in [0.29, 0.717) is 10.7 Å². The highest BCUT2D eigenvalue weighted by Gasteiger charge is 2.02. The molecule has 2 amide bonds. The molecule has 0 bridgehead atoms. The predicted molar refractivity (Wildman–Crippen MR) is 79.6 cm³/mol. The molecule has 0 aliphatic carbocycles. The Balaban J connectivity index is 1.97. The largest absolute Gasteiger partial charge is 0.355 e. The van der Waals surface area contributed by atoms with Crippen LogP contribution in [0, 0.1) is 0 Å². The van der Waals surface area contributed by atoms with E-state index >= 15 is 0 Å². The topological polar surface area (TPSA) is 71.1 Å². The Kier molecular flexibility index (Phi) is 4.62. The summed E-state index contributed by atoms with van der Waals surface area (Å²) in [6.45, 7) is 0. The van der Waals surface area contributed by atoms with E-state index in [-0.39, 0.29) is 11.8 Å². The Hall–Kier alpha value is -2.47. The molecule has 0 aliphatic heterocycles. The van der Waals surface area contributed by atoms with E-state index in [0.717, 1.165) is 5.56 Å². The monoisotopic (exact) mass is 287 g/mol. The molecule has 1 aromatic carbocycles. The van der Waals surface area contributed by atoms with E-state index in [9.17, 15) is 9.59 Å². The summed E-state index contributed by atoms with van der Waals surface area (Å²) in [6.07, 6.45) is 4.73. The molecular weight excluding hydrogens is 274 g/mol. The van der Waals surface area contributed by atoms with Crippen LogP contribution < -0.4 is 10.6 Å². The first-order valence-electron chi connectivity index (χ1n) is 5.90. The SMILES string of the molecule is CNC(=O)c1ccc(/C=C/C(=O)Nc2nccs2)cc1. The minimum atomic E-state index is -0.240. The number of anilines is 1. The summed E-state index contributed by atoms with van der Waals surface area (Å²) in [5, 5.41) is 7.55. The van der Waals surface area contributed by atoms with Crippen LogP contribution in [-0.4, -0.2) is 23.8 Å². The maximum absolute atomic E-state index is 11.6. The molecular formula is C14H13N3O2S. The van der Waals surface area contributed by atoms with Crippen LogP contribution in [0.2, 0.25) is 0 Å². The lowest BCUT2D eigenvalue weighted by Crippen LogP contribution is -2.17. The standard InChI is InChI=1S/C14H13N3O2S/c1-15-13(19)11-5-2-10(3-6-11)4-7-12(18)17-14-16-8-9-20-14/h2-9H,1H3,(H,15,19)(H,16,17,18)/b7-4+. The van der Waals surface area contributed by atoms with Crippen molar-refractivity contribution in [2.24, 2.45) is 0 Å². The summed E-state index contributed by atoms with van der Waals surface area (Å²) < 4.78 is 0. The molecule has 0 unspecified atom stereocenters. The summed E-state index contributed by atoms with van der Waals surface area (Å²) in [6, 6.07) is 6.96. The quantitative estimate of drug-likeness (QED) is 0.846. The average Bonchev–Trinajstić information content (AvgIpc) is 2.97. The summed E-state index contributed by atoms with van der Waals surface area (Å²) >= 11 is 1.36. The Bertz CT molecular complexity index is 618. The van der Waals surface area contributed by atoms with Crippen LogP contribution >= 0.6 is 11.3 Å². The molecule has 20 heavy (non-hydrogen) atoms. The van der Waals surface area contributed by atoms with Crippen molar-refractivity contribution < 1.29 is 9.59 Å². The summed E-state index contributed by atoms with van der Waals surface area (Å²) in [4.78, 5) is 26.9. The predicted octanol–water partition coefficient (Wildman–Crippen LogP) is 2.15. The highest BCUT2D eigenvalue weighted by Crippen LogP contribution is 2.10. The number of thiazole rings is 1. The minimum Gasteiger partial charge on any atom is -0.355 e. The van der Waals surface area contributed by atoms with Gasteiger partial charge in [0.25, 0.3) is 5.91 Å². The average molecular weight is 287 g/mol. The lowest BCUT2D eigenvalue weighted by Gasteiger charge is -2.00. The molecule has 102 valence electrons. The summed E-state index contributed by atoms with van der Waals surface area (Å²) in [7, 11) is 1.58. The van der Waals surface area contributed by atoms with Crippen molar-refractivity contribution in [3.63, 3.8) is 0 Å². The third-order valence-electron chi connectivity index (χ3n) is 2.49. The van der Waals surface area contributed by atoms with Crippen molar-refractivity contribution in [2.45, 2.75) is 0 Å². The van der Waals surface area contributed by atoms with E-state index in [1.807, 2.05) is 0 Å². The Morgan fingerprint density at radius 3 is 2.60 bits per heavy atom. The molecule has 0 fully saturated rings. The van der Waals surface area contributed by atoms with Crippen molar-refractivity contribution >= 4 is 34.4 Å². The van der Waals surface area contributed by atoms with Crippen LogP contribution in [0.1, 0.15) is 15.9 Å². The Labute approximate surface area is 120 Å². The van der Waals surface area contributed by atoms with Gasteiger partial charge in [-0.25, -0.2) is 4.98 Å². The van der Waals surface area contributed by atoms with Gasteiger partial charge >= 0.3 is 0 Å². The first kappa shape index (κ1) is 14.0. The lowest BCUT2D eigenvalue weighted by atomic mass is 10.1. The van der Waals surface area contributed by atoms with Crippen molar-refractivity contribution in [3.8, 4) is 0 Å². The molecule has 0 aliphatic rings. The number of aromatic nitrogens is 1. The van der Waals surface area contributed by atoms with Gasteiger partial charge in [-0.15, -0.1) is 11.3 Å². The van der Waals surface area contributed by atoms with Gasteiger partial charge in [-0.3, -0.25) is 14.9 Å². The van der Waals surface area contributed by atoms with Crippen molar-refractivity contribution in [1.82, 2.24) is 10.3 Å². The third-order valence-corrected chi connectivity index (χ3v) is 3.18. The fourth-order valence-corrected chi connectivity index (χ4v) is 2.03. The van der Waals surface area contributed by atoms with E-state index in [1.54, 1.807) is 49.0 Å². The number of hydrogen-bond donors (Lipinski definition) is 2. The number of amides is 2.